The van der Waals surface area contributed by atoms with Crippen molar-refractivity contribution in [3.63, 3.8) is 0 Å². The molecular formula is C14H12Cl2N2O4. The van der Waals surface area contributed by atoms with Gasteiger partial charge in [0, 0.05) is 10.0 Å². The molecule has 0 saturated carbocycles. The van der Waals surface area contributed by atoms with Gasteiger partial charge in [-0.1, -0.05) is 23.2 Å². The molecule has 0 bridgehead atoms. The maximum absolute atomic E-state index is 12.2. The molecule has 0 unspecified atom stereocenters. The van der Waals surface area contributed by atoms with Crippen LogP contribution in [0.2, 0.25) is 10.0 Å². The average Bonchev–Trinajstić information content (AvgIpc) is 2.61. The van der Waals surface area contributed by atoms with E-state index < -0.39 is 17.9 Å². The Labute approximate surface area is 136 Å². The van der Waals surface area contributed by atoms with Gasteiger partial charge in [-0.3, -0.25) is 4.79 Å². The number of hydrogen-bond acceptors (Lipinski definition) is 4. The van der Waals surface area contributed by atoms with Crippen molar-refractivity contribution in [2.24, 2.45) is 0 Å². The van der Waals surface area contributed by atoms with Crippen LogP contribution in [0.25, 0.3) is 0 Å². The van der Waals surface area contributed by atoms with Gasteiger partial charge in [0.1, 0.15) is 5.70 Å². The highest BCUT2D eigenvalue weighted by molar-refractivity contribution is 6.36. The standard InChI is InChI=1S/C14H12Cl2N2O4/c1-7(2)22-12(19)6-11-13(20)18(14(21)17-11)10-4-8(15)3-9(16)5-10/h3-7H,1-2H3,(H,17,21). The molecule has 3 amide bonds. The highest BCUT2D eigenvalue weighted by Gasteiger charge is 2.35. The topological polar surface area (TPSA) is 75.7 Å². The number of urea groups is 1. The van der Waals surface area contributed by atoms with Crippen LogP contribution in [0.1, 0.15) is 13.8 Å². The zero-order valence-electron chi connectivity index (χ0n) is 11.7. The maximum atomic E-state index is 12.2. The lowest BCUT2D eigenvalue weighted by molar-refractivity contribution is -0.141. The molecule has 0 radical (unpaired) electrons. The Hall–Kier alpha value is -2.05. The van der Waals surface area contributed by atoms with Crippen molar-refractivity contribution < 1.29 is 19.1 Å². The van der Waals surface area contributed by atoms with E-state index in [-0.39, 0.29) is 27.5 Å². The third kappa shape index (κ3) is 3.58. The van der Waals surface area contributed by atoms with Gasteiger partial charge in [0.05, 0.1) is 17.9 Å². The van der Waals surface area contributed by atoms with Gasteiger partial charge in [-0.25, -0.2) is 14.5 Å². The number of halogens is 2. The van der Waals surface area contributed by atoms with E-state index in [1.165, 1.54) is 18.2 Å². The number of imide groups is 1. The molecule has 22 heavy (non-hydrogen) atoms. The normalized spacial score (nSPS) is 16.4. The Balaban J connectivity index is 2.29. The fraction of sp³-hybridized carbons (Fsp3) is 0.214. The Morgan fingerprint density at radius 1 is 1.23 bits per heavy atom. The first-order valence-electron chi connectivity index (χ1n) is 6.32. The van der Waals surface area contributed by atoms with E-state index in [0.29, 0.717) is 0 Å². The first-order chi connectivity index (χ1) is 10.3. The average molecular weight is 343 g/mol. The number of amides is 3. The van der Waals surface area contributed by atoms with Gasteiger partial charge in [-0.2, -0.15) is 0 Å². The van der Waals surface area contributed by atoms with Gasteiger partial charge in [0.15, 0.2) is 0 Å². The van der Waals surface area contributed by atoms with Crippen molar-refractivity contribution in [2.45, 2.75) is 20.0 Å². The second-order valence-electron chi connectivity index (χ2n) is 4.74. The molecule has 6 nitrogen and oxygen atoms in total. The number of carbonyl (C=O) groups is 3. The monoisotopic (exact) mass is 342 g/mol. The minimum atomic E-state index is -0.718. The summed E-state index contributed by atoms with van der Waals surface area (Å²) < 4.78 is 4.90. The smallest absolute Gasteiger partial charge is 0.333 e. The molecule has 1 aliphatic rings. The van der Waals surface area contributed by atoms with Crippen molar-refractivity contribution in [3.8, 4) is 0 Å². The van der Waals surface area contributed by atoms with Crippen molar-refractivity contribution in [1.29, 1.82) is 0 Å². The summed E-state index contributed by atoms with van der Waals surface area (Å²) in [4.78, 5) is 36.6. The van der Waals surface area contributed by atoms with Crippen molar-refractivity contribution >= 4 is 46.8 Å². The number of rotatable bonds is 3. The fourth-order valence-electron chi connectivity index (χ4n) is 1.82. The molecule has 116 valence electrons. The van der Waals surface area contributed by atoms with Crippen LogP contribution in [-0.2, 0) is 14.3 Å². The minimum absolute atomic E-state index is 0.174. The van der Waals surface area contributed by atoms with Gasteiger partial charge in [0.2, 0.25) is 0 Å². The molecule has 8 heteroatoms. The summed E-state index contributed by atoms with van der Waals surface area (Å²) in [6.07, 6.45) is 0.603. The fourth-order valence-corrected chi connectivity index (χ4v) is 2.34. The van der Waals surface area contributed by atoms with Gasteiger partial charge in [-0.05, 0) is 32.0 Å². The lowest BCUT2D eigenvalue weighted by atomic mass is 10.3. The van der Waals surface area contributed by atoms with Gasteiger partial charge < -0.3 is 10.1 Å². The molecular weight excluding hydrogens is 331 g/mol. The van der Waals surface area contributed by atoms with Gasteiger partial charge >= 0.3 is 12.0 Å². The highest BCUT2D eigenvalue weighted by Crippen LogP contribution is 2.28. The van der Waals surface area contributed by atoms with Crippen LogP contribution in [0, 0.1) is 0 Å². The molecule has 1 aliphatic heterocycles. The van der Waals surface area contributed by atoms with Crippen LogP contribution in [0.3, 0.4) is 0 Å². The van der Waals surface area contributed by atoms with E-state index in [1.54, 1.807) is 13.8 Å². The largest absolute Gasteiger partial charge is 0.460 e. The van der Waals surface area contributed by atoms with E-state index >= 15 is 0 Å². The van der Waals surface area contributed by atoms with E-state index in [9.17, 15) is 14.4 Å². The summed E-state index contributed by atoms with van der Waals surface area (Å²) in [7, 11) is 0. The van der Waals surface area contributed by atoms with Crippen LogP contribution in [0.5, 0.6) is 0 Å². The van der Waals surface area contributed by atoms with E-state index in [1.807, 2.05) is 0 Å². The quantitative estimate of drug-likeness (QED) is 0.520. The Morgan fingerprint density at radius 3 is 2.36 bits per heavy atom. The summed E-state index contributed by atoms with van der Waals surface area (Å²) in [5.41, 5.74) is 0.0346. The highest BCUT2D eigenvalue weighted by atomic mass is 35.5. The van der Waals surface area contributed by atoms with Crippen LogP contribution >= 0.6 is 23.2 Å². The van der Waals surface area contributed by atoms with E-state index in [2.05, 4.69) is 5.32 Å². The Morgan fingerprint density at radius 2 is 1.82 bits per heavy atom. The number of ether oxygens (including phenoxy) is 1. The molecule has 1 heterocycles. The van der Waals surface area contributed by atoms with E-state index in [4.69, 9.17) is 27.9 Å². The first-order valence-corrected chi connectivity index (χ1v) is 7.07. The molecule has 1 aromatic rings. The molecule has 1 fully saturated rings. The second kappa shape index (κ2) is 6.37. The van der Waals surface area contributed by atoms with Crippen LogP contribution in [0.15, 0.2) is 30.0 Å². The predicted molar refractivity (Wildman–Crippen MR) is 81.8 cm³/mol. The molecule has 0 spiro atoms. The van der Waals surface area contributed by atoms with Crippen LogP contribution < -0.4 is 10.2 Å². The lowest BCUT2D eigenvalue weighted by Crippen LogP contribution is -2.30. The second-order valence-corrected chi connectivity index (χ2v) is 5.61. The first kappa shape index (κ1) is 16.3. The predicted octanol–water partition coefficient (Wildman–Crippen LogP) is 2.89. The van der Waals surface area contributed by atoms with Crippen molar-refractivity contribution in [2.75, 3.05) is 4.90 Å². The zero-order chi connectivity index (χ0) is 16.4. The minimum Gasteiger partial charge on any atom is -0.460 e. The van der Waals surface area contributed by atoms with E-state index in [0.717, 1.165) is 11.0 Å². The molecule has 1 aromatic carbocycles. The maximum Gasteiger partial charge on any atom is 0.333 e. The number of benzene rings is 1. The number of nitrogens with zero attached hydrogens (tertiary/aromatic N) is 1. The summed E-state index contributed by atoms with van der Waals surface area (Å²) in [5.74, 6) is -1.41. The number of hydrogen-bond donors (Lipinski definition) is 1. The molecule has 1 saturated heterocycles. The summed E-state index contributed by atoms with van der Waals surface area (Å²) in [6, 6.07) is 3.61. The number of esters is 1. The number of nitrogens with one attached hydrogen (secondary N) is 1. The molecule has 2 rings (SSSR count). The van der Waals surface area contributed by atoms with Gasteiger partial charge in [-0.15, -0.1) is 0 Å². The molecule has 1 N–H and O–H groups in total. The van der Waals surface area contributed by atoms with Crippen molar-refractivity contribution in [1.82, 2.24) is 5.32 Å². The SMILES string of the molecule is CC(C)OC(=O)C=C1NC(=O)N(c2cc(Cl)cc(Cl)c2)C1=O. The summed E-state index contributed by atoms with van der Waals surface area (Å²) >= 11 is 11.7. The summed E-state index contributed by atoms with van der Waals surface area (Å²) in [5, 5.41) is 2.86. The number of anilines is 1. The van der Waals surface area contributed by atoms with Crippen molar-refractivity contribution in [3.05, 3.63) is 40.0 Å². The lowest BCUT2D eigenvalue weighted by Gasteiger charge is -2.12. The van der Waals surface area contributed by atoms with Crippen LogP contribution in [0.4, 0.5) is 10.5 Å². The third-order valence-electron chi connectivity index (χ3n) is 2.60. The third-order valence-corrected chi connectivity index (χ3v) is 3.03. The molecule has 0 atom stereocenters. The Bertz CT molecular complexity index is 665. The molecule has 0 aromatic heterocycles. The Kier molecular flexibility index (Phi) is 4.73. The summed E-state index contributed by atoms with van der Waals surface area (Å²) in [6.45, 7) is 3.34. The van der Waals surface area contributed by atoms with Gasteiger partial charge in [0.25, 0.3) is 5.91 Å². The van der Waals surface area contributed by atoms with Crippen LogP contribution in [-0.4, -0.2) is 24.0 Å². The number of carbonyl (C=O) groups excluding carboxylic acids is 3. The zero-order valence-corrected chi connectivity index (χ0v) is 13.2. The molecule has 0 aliphatic carbocycles.